The summed E-state index contributed by atoms with van der Waals surface area (Å²) in [6.07, 6.45) is 0. The molecule has 0 saturated carbocycles. The maximum Gasteiger partial charge on any atom is 0.264 e. The van der Waals surface area contributed by atoms with Gasteiger partial charge in [-0.05, 0) is 72.0 Å². The zero-order chi connectivity index (χ0) is 25.1. The van der Waals surface area contributed by atoms with Gasteiger partial charge >= 0.3 is 0 Å². The molecule has 1 N–H and O–H groups in total. The van der Waals surface area contributed by atoms with Crippen molar-refractivity contribution in [2.75, 3.05) is 18.5 Å². The van der Waals surface area contributed by atoms with Crippen LogP contribution in [0.1, 0.15) is 55.2 Å². The van der Waals surface area contributed by atoms with Gasteiger partial charge < -0.3 is 10.1 Å². The fourth-order valence-corrected chi connectivity index (χ4v) is 4.70. The topological polar surface area (TPSA) is 75.7 Å². The Morgan fingerprint density at radius 2 is 1.47 bits per heavy atom. The van der Waals surface area contributed by atoms with Crippen LogP contribution >= 0.6 is 0 Å². The van der Waals surface area contributed by atoms with Gasteiger partial charge in [0, 0.05) is 12.6 Å². The Balaban J connectivity index is 1.69. The average molecular weight is 481 g/mol. The molecular weight excluding hydrogens is 448 g/mol. The van der Waals surface area contributed by atoms with Crippen molar-refractivity contribution in [1.29, 1.82) is 0 Å². The Bertz CT molecular complexity index is 1230. The van der Waals surface area contributed by atoms with E-state index in [4.69, 9.17) is 4.74 Å². The molecular formula is C27H32N2O4S. The summed E-state index contributed by atoms with van der Waals surface area (Å²) in [6, 6.07) is 20.8. The van der Waals surface area contributed by atoms with Gasteiger partial charge in [-0.2, -0.15) is 0 Å². The van der Waals surface area contributed by atoms with Gasteiger partial charge in [-0.15, -0.1) is 0 Å². The summed E-state index contributed by atoms with van der Waals surface area (Å²) in [6.45, 7) is 8.43. The van der Waals surface area contributed by atoms with Crippen LogP contribution in [0.2, 0.25) is 0 Å². The molecule has 3 aromatic rings. The van der Waals surface area contributed by atoms with E-state index in [1.807, 2.05) is 19.1 Å². The van der Waals surface area contributed by atoms with E-state index in [-0.39, 0.29) is 22.3 Å². The summed E-state index contributed by atoms with van der Waals surface area (Å²) < 4.78 is 32.2. The molecule has 0 radical (unpaired) electrons. The number of sulfonamides is 1. The van der Waals surface area contributed by atoms with Crippen molar-refractivity contribution in [3.8, 4) is 5.75 Å². The Hall–Kier alpha value is -3.32. The molecule has 0 heterocycles. The summed E-state index contributed by atoms with van der Waals surface area (Å²) in [5.74, 6) is 0.357. The monoisotopic (exact) mass is 480 g/mol. The van der Waals surface area contributed by atoms with Gasteiger partial charge in [-0.25, -0.2) is 8.42 Å². The number of amides is 1. The zero-order valence-electron chi connectivity index (χ0n) is 20.5. The van der Waals surface area contributed by atoms with Crippen molar-refractivity contribution < 1.29 is 17.9 Å². The van der Waals surface area contributed by atoms with Gasteiger partial charge in [0.2, 0.25) is 0 Å². The average Bonchev–Trinajstić information content (AvgIpc) is 2.83. The van der Waals surface area contributed by atoms with Crippen LogP contribution < -0.4 is 14.4 Å². The lowest BCUT2D eigenvalue weighted by atomic mass is 9.86. The summed E-state index contributed by atoms with van der Waals surface area (Å²) >= 11 is 0. The van der Waals surface area contributed by atoms with E-state index < -0.39 is 10.0 Å². The van der Waals surface area contributed by atoms with Crippen LogP contribution in [0, 0.1) is 0 Å². The smallest absolute Gasteiger partial charge is 0.264 e. The van der Waals surface area contributed by atoms with E-state index in [1.165, 1.54) is 36.2 Å². The van der Waals surface area contributed by atoms with Crippen molar-refractivity contribution in [3.05, 3.63) is 89.5 Å². The molecule has 34 heavy (non-hydrogen) atoms. The molecule has 3 aromatic carbocycles. The van der Waals surface area contributed by atoms with E-state index in [1.54, 1.807) is 36.4 Å². The van der Waals surface area contributed by atoms with Gasteiger partial charge in [0.05, 0.1) is 23.7 Å². The Labute approximate surface area is 202 Å². The quantitative estimate of drug-likeness (QED) is 0.497. The largest absolute Gasteiger partial charge is 0.497 e. The van der Waals surface area contributed by atoms with Crippen LogP contribution in [0.3, 0.4) is 0 Å². The minimum absolute atomic E-state index is 0.0702. The standard InChI is InChI=1S/C27H32N2O4S/c1-19(20-7-11-22(12-8-20)27(2,3)4)28-26(30)21-9-13-23(14-10-21)29(5)34(31,32)25-17-15-24(33-6)16-18-25/h7-19H,1-6H3,(H,28,30)/t19-/m0/s1. The first-order valence-corrected chi connectivity index (χ1v) is 12.5. The fourth-order valence-electron chi connectivity index (χ4n) is 3.50. The van der Waals surface area contributed by atoms with Crippen molar-refractivity contribution >= 4 is 21.6 Å². The second-order valence-electron chi connectivity index (χ2n) is 9.26. The van der Waals surface area contributed by atoms with E-state index in [0.717, 1.165) is 5.56 Å². The molecule has 0 saturated heterocycles. The zero-order valence-corrected chi connectivity index (χ0v) is 21.3. The molecule has 7 heteroatoms. The fraction of sp³-hybridized carbons (Fsp3) is 0.296. The molecule has 0 fully saturated rings. The van der Waals surface area contributed by atoms with Crippen LogP contribution in [0.5, 0.6) is 5.75 Å². The molecule has 1 amide bonds. The summed E-state index contributed by atoms with van der Waals surface area (Å²) in [4.78, 5) is 12.9. The lowest BCUT2D eigenvalue weighted by Crippen LogP contribution is -2.28. The lowest BCUT2D eigenvalue weighted by molar-refractivity contribution is 0.0940. The molecule has 6 nitrogen and oxygen atoms in total. The molecule has 0 aliphatic rings. The van der Waals surface area contributed by atoms with Gasteiger partial charge in [0.15, 0.2) is 0 Å². The number of rotatable bonds is 7. The lowest BCUT2D eigenvalue weighted by Gasteiger charge is -2.21. The third kappa shape index (κ3) is 5.59. The highest BCUT2D eigenvalue weighted by Gasteiger charge is 2.22. The number of hydrogen-bond donors (Lipinski definition) is 1. The number of nitrogens with zero attached hydrogens (tertiary/aromatic N) is 1. The molecule has 0 bridgehead atoms. The SMILES string of the molecule is COc1ccc(S(=O)(=O)N(C)c2ccc(C(=O)N[C@@H](C)c3ccc(C(C)(C)C)cc3)cc2)cc1. The number of carbonyl (C=O) groups is 1. The van der Waals surface area contributed by atoms with Crippen LogP contribution in [-0.4, -0.2) is 28.5 Å². The number of anilines is 1. The molecule has 180 valence electrons. The number of methoxy groups -OCH3 is 1. The molecule has 0 aliphatic carbocycles. The highest BCUT2D eigenvalue weighted by atomic mass is 32.2. The van der Waals surface area contributed by atoms with E-state index in [9.17, 15) is 13.2 Å². The first kappa shape index (κ1) is 25.3. The molecule has 3 rings (SSSR count). The minimum Gasteiger partial charge on any atom is -0.497 e. The maximum atomic E-state index is 12.9. The number of benzene rings is 3. The van der Waals surface area contributed by atoms with Gasteiger partial charge in [0.25, 0.3) is 15.9 Å². The highest BCUT2D eigenvalue weighted by Crippen LogP contribution is 2.26. The summed E-state index contributed by atoms with van der Waals surface area (Å²) in [5.41, 5.74) is 3.23. The normalized spacial score (nSPS) is 12.6. The van der Waals surface area contributed by atoms with Crippen LogP contribution in [0.15, 0.2) is 77.7 Å². The van der Waals surface area contributed by atoms with Crippen molar-refractivity contribution in [2.24, 2.45) is 0 Å². The molecule has 0 aliphatic heterocycles. The van der Waals surface area contributed by atoms with Gasteiger partial charge in [0.1, 0.15) is 5.75 Å². The van der Waals surface area contributed by atoms with Crippen LogP contribution in [0.25, 0.3) is 0 Å². The Kier molecular flexibility index (Phi) is 7.36. The molecule has 0 unspecified atom stereocenters. The molecule has 1 atom stereocenters. The third-order valence-corrected chi connectivity index (χ3v) is 7.64. The highest BCUT2D eigenvalue weighted by molar-refractivity contribution is 7.92. The van der Waals surface area contributed by atoms with Gasteiger partial charge in [-0.1, -0.05) is 45.0 Å². The number of ether oxygens (including phenoxy) is 1. The van der Waals surface area contributed by atoms with Gasteiger partial charge in [-0.3, -0.25) is 9.10 Å². The Morgan fingerprint density at radius 3 is 1.97 bits per heavy atom. The molecule has 0 aromatic heterocycles. The van der Waals surface area contributed by atoms with Crippen molar-refractivity contribution in [1.82, 2.24) is 5.32 Å². The molecule has 0 spiro atoms. The first-order valence-electron chi connectivity index (χ1n) is 11.1. The van der Waals surface area contributed by atoms with Crippen LogP contribution in [-0.2, 0) is 15.4 Å². The predicted octanol–water partition coefficient (Wildman–Crippen LogP) is 5.31. The van der Waals surface area contributed by atoms with Crippen molar-refractivity contribution in [2.45, 2.75) is 44.0 Å². The second kappa shape index (κ2) is 9.89. The van der Waals surface area contributed by atoms with E-state index >= 15 is 0 Å². The van der Waals surface area contributed by atoms with Crippen molar-refractivity contribution in [3.63, 3.8) is 0 Å². The third-order valence-electron chi connectivity index (χ3n) is 5.84. The van der Waals surface area contributed by atoms with Crippen LogP contribution in [0.4, 0.5) is 5.69 Å². The van der Waals surface area contributed by atoms with E-state index in [0.29, 0.717) is 17.0 Å². The summed E-state index contributed by atoms with van der Waals surface area (Å²) in [7, 11) is -0.733. The maximum absolute atomic E-state index is 12.9. The number of nitrogens with one attached hydrogen (secondary N) is 1. The summed E-state index contributed by atoms with van der Waals surface area (Å²) in [5, 5.41) is 3.00. The predicted molar refractivity (Wildman–Crippen MR) is 136 cm³/mol. The number of hydrogen-bond acceptors (Lipinski definition) is 4. The second-order valence-corrected chi connectivity index (χ2v) is 11.2. The number of carbonyl (C=O) groups excluding carboxylic acids is 1. The Morgan fingerprint density at radius 1 is 0.912 bits per heavy atom. The van der Waals surface area contributed by atoms with E-state index in [2.05, 4.69) is 38.2 Å². The first-order chi connectivity index (χ1) is 15.9. The minimum atomic E-state index is -3.74.